The number of nitrogens with one attached hydrogen (secondary N) is 2. The minimum absolute atomic E-state index is 0.235. The Kier molecular flexibility index (Phi) is 4.49. The van der Waals surface area contributed by atoms with E-state index in [2.05, 4.69) is 20.6 Å². The highest BCUT2D eigenvalue weighted by Crippen LogP contribution is 2.10. The van der Waals surface area contributed by atoms with Gasteiger partial charge in [-0.25, -0.2) is 4.98 Å². The lowest BCUT2D eigenvalue weighted by atomic mass is 10.1. The van der Waals surface area contributed by atoms with Gasteiger partial charge >= 0.3 is 0 Å². The van der Waals surface area contributed by atoms with Gasteiger partial charge in [0.15, 0.2) is 0 Å². The van der Waals surface area contributed by atoms with Crippen molar-refractivity contribution in [1.29, 1.82) is 0 Å². The summed E-state index contributed by atoms with van der Waals surface area (Å²) in [6.45, 7) is 6.37. The van der Waals surface area contributed by atoms with Crippen molar-refractivity contribution >= 4 is 11.8 Å². The van der Waals surface area contributed by atoms with Crippen LogP contribution in [0.1, 0.15) is 19.5 Å². The molecule has 0 aliphatic carbocycles. The Balaban J connectivity index is 2.63. The Hall–Kier alpha value is -1.36. The molecule has 0 bridgehead atoms. The maximum Gasteiger partial charge on any atom is 0.224 e. The molecule has 1 aromatic heterocycles. The minimum atomic E-state index is -0.367. The highest BCUT2D eigenvalue weighted by Gasteiger charge is 2.09. The third kappa shape index (κ3) is 3.66. The molecule has 0 amide bonds. The molecule has 0 fully saturated rings. The van der Waals surface area contributed by atoms with Crippen LogP contribution >= 0.6 is 0 Å². The van der Waals surface area contributed by atoms with Gasteiger partial charge in [-0.3, -0.25) is 0 Å². The van der Waals surface area contributed by atoms with Crippen LogP contribution in [0, 0.1) is 12.8 Å². The van der Waals surface area contributed by atoms with Crippen LogP contribution < -0.4 is 10.6 Å². The lowest BCUT2D eigenvalue weighted by Crippen LogP contribution is -2.25. The van der Waals surface area contributed by atoms with Gasteiger partial charge in [0.25, 0.3) is 0 Å². The Bertz CT molecular complexity index is 341. The number of aliphatic hydroxyl groups is 1. The zero-order chi connectivity index (χ0) is 12.1. The zero-order valence-corrected chi connectivity index (χ0v) is 10.3. The molecule has 0 spiro atoms. The van der Waals surface area contributed by atoms with Gasteiger partial charge in [0.1, 0.15) is 5.82 Å². The fourth-order valence-electron chi connectivity index (χ4n) is 1.22. The normalized spacial score (nSPS) is 12.6. The monoisotopic (exact) mass is 224 g/mol. The molecule has 1 atom stereocenters. The number of nitrogens with zero attached hydrogens (tertiary/aromatic N) is 2. The molecule has 1 rings (SSSR count). The van der Waals surface area contributed by atoms with E-state index in [1.54, 1.807) is 7.05 Å². The number of aliphatic hydroxyl groups excluding tert-OH is 1. The van der Waals surface area contributed by atoms with Crippen LogP contribution in [0.15, 0.2) is 6.07 Å². The Morgan fingerprint density at radius 1 is 1.38 bits per heavy atom. The van der Waals surface area contributed by atoms with E-state index in [0.29, 0.717) is 12.5 Å². The van der Waals surface area contributed by atoms with Crippen molar-refractivity contribution in [3.05, 3.63) is 11.8 Å². The minimum Gasteiger partial charge on any atom is -0.391 e. The molecule has 1 aromatic rings. The van der Waals surface area contributed by atoms with Crippen LogP contribution in [0.3, 0.4) is 0 Å². The lowest BCUT2D eigenvalue weighted by molar-refractivity contribution is 0.138. The molecule has 0 saturated heterocycles. The molecule has 0 aliphatic heterocycles. The highest BCUT2D eigenvalue weighted by molar-refractivity contribution is 5.41. The van der Waals surface area contributed by atoms with Gasteiger partial charge in [-0.2, -0.15) is 4.98 Å². The summed E-state index contributed by atoms with van der Waals surface area (Å²) in [4.78, 5) is 8.43. The lowest BCUT2D eigenvalue weighted by Gasteiger charge is -2.15. The van der Waals surface area contributed by atoms with Gasteiger partial charge in [-0.1, -0.05) is 13.8 Å². The summed E-state index contributed by atoms with van der Waals surface area (Å²) in [6.07, 6.45) is -0.367. The summed E-state index contributed by atoms with van der Waals surface area (Å²) >= 11 is 0. The van der Waals surface area contributed by atoms with Crippen LogP contribution in [-0.4, -0.2) is 34.8 Å². The second kappa shape index (κ2) is 5.65. The molecule has 1 heterocycles. The first kappa shape index (κ1) is 12.7. The van der Waals surface area contributed by atoms with Crippen LogP contribution in [-0.2, 0) is 0 Å². The number of aromatic nitrogens is 2. The van der Waals surface area contributed by atoms with Crippen molar-refractivity contribution in [3.8, 4) is 0 Å². The molecule has 16 heavy (non-hydrogen) atoms. The van der Waals surface area contributed by atoms with E-state index in [4.69, 9.17) is 0 Å². The van der Waals surface area contributed by atoms with E-state index in [-0.39, 0.29) is 12.0 Å². The summed E-state index contributed by atoms with van der Waals surface area (Å²) in [5.74, 6) is 1.55. The first-order chi connectivity index (χ1) is 7.52. The first-order valence-corrected chi connectivity index (χ1v) is 5.48. The van der Waals surface area contributed by atoms with Crippen molar-refractivity contribution in [1.82, 2.24) is 9.97 Å². The van der Waals surface area contributed by atoms with E-state index in [0.717, 1.165) is 11.5 Å². The van der Waals surface area contributed by atoms with Crippen molar-refractivity contribution in [2.24, 2.45) is 5.92 Å². The second-order valence-corrected chi connectivity index (χ2v) is 4.16. The average Bonchev–Trinajstić information content (AvgIpc) is 2.24. The summed E-state index contributed by atoms with van der Waals surface area (Å²) in [5, 5.41) is 15.7. The van der Waals surface area contributed by atoms with Crippen LogP contribution in [0.5, 0.6) is 0 Å². The van der Waals surface area contributed by atoms with E-state index >= 15 is 0 Å². The average molecular weight is 224 g/mol. The van der Waals surface area contributed by atoms with Crippen LogP contribution in [0.2, 0.25) is 0 Å². The summed E-state index contributed by atoms with van der Waals surface area (Å²) < 4.78 is 0. The van der Waals surface area contributed by atoms with Crippen molar-refractivity contribution in [2.75, 3.05) is 24.2 Å². The molecule has 0 radical (unpaired) electrons. The van der Waals surface area contributed by atoms with Crippen molar-refractivity contribution in [3.63, 3.8) is 0 Å². The van der Waals surface area contributed by atoms with Crippen molar-refractivity contribution in [2.45, 2.75) is 26.9 Å². The molecular formula is C11H20N4O. The van der Waals surface area contributed by atoms with Gasteiger partial charge in [0, 0.05) is 25.4 Å². The molecule has 0 aromatic carbocycles. The second-order valence-electron chi connectivity index (χ2n) is 4.16. The standard InChI is InChI=1S/C11H20N4O/c1-7(2)9(16)6-13-10-5-8(3)14-11(12-4)15-10/h5,7,9,16H,6H2,1-4H3,(H2,12,13,14,15). The smallest absolute Gasteiger partial charge is 0.224 e. The summed E-state index contributed by atoms with van der Waals surface area (Å²) in [5.41, 5.74) is 0.890. The molecule has 5 nitrogen and oxygen atoms in total. The quantitative estimate of drug-likeness (QED) is 0.702. The van der Waals surface area contributed by atoms with E-state index in [1.165, 1.54) is 0 Å². The number of hydrogen-bond acceptors (Lipinski definition) is 5. The summed E-state index contributed by atoms with van der Waals surface area (Å²) in [6, 6.07) is 1.86. The predicted molar refractivity (Wildman–Crippen MR) is 65.7 cm³/mol. The molecular weight excluding hydrogens is 204 g/mol. The Morgan fingerprint density at radius 2 is 2.06 bits per heavy atom. The first-order valence-electron chi connectivity index (χ1n) is 5.48. The predicted octanol–water partition coefficient (Wildman–Crippen LogP) is 1.26. The van der Waals surface area contributed by atoms with Crippen molar-refractivity contribution < 1.29 is 5.11 Å². The van der Waals surface area contributed by atoms with Crippen LogP contribution in [0.25, 0.3) is 0 Å². The van der Waals surface area contributed by atoms with E-state index in [1.807, 2.05) is 26.8 Å². The largest absolute Gasteiger partial charge is 0.391 e. The van der Waals surface area contributed by atoms with Gasteiger partial charge in [-0.05, 0) is 12.8 Å². The maximum atomic E-state index is 9.66. The number of rotatable bonds is 5. The number of aryl methyl sites for hydroxylation is 1. The van der Waals surface area contributed by atoms with Gasteiger partial charge in [0.2, 0.25) is 5.95 Å². The molecule has 3 N–H and O–H groups in total. The third-order valence-electron chi connectivity index (χ3n) is 2.34. The molecule has 0 saturated carbocycles. The van der Waals surface area contributed by atoms with E-state index in [9.17, 15) is 5.11 Å². The Labute approximate surface area is 96.3 Å². The van der Waals surface area contributed by atoms with Gasteiger partial charge in [-0.15, -0.1) is 0 Å². The molecule has 90 valence electrons. The molecule has 0 aliphatic rings. The van der Waals surface area contributed by atoms with Gasteiger partial charge < -0.3 is 15.7 Å². The topological polar surface area (TPSA) is 70.1 Å². The molecule has 5 heteroatoms. The number of anilines is 2. The maximum absolute atomic E-state index is 9.66. The fourth-order valence-corrected chi connectivity index (χ4v) is 1.22. The Morgan fingerprint density at radius 3 is 2.62 bits per heavy atom. The third-order valence-corrected chi connectivity index (χ3v) is 2.34. The highest BCUT2D eigenvalue weighted by atomic mass is 16.3. The van der Waals surface area contributed by atoms with Crippen LogP contribution in [0.4, 0.5) is 11.8 Å². The number of hydrogen-bond donors (Lipinski definition) is 3. The van der Waals surface area contributed by atoms with Gasteiger partial charge in [0.05, 0.1) is 6.10 Å². The van der Waals surface area contributed by atoms with E-state index < -0.39 is 0 Å². The zero-order valence-electron chi connectivity index (χ0n) is 10.3. The fraction of sp³-hybridized carbons (Fsp3) is 0.636. The SMILES string of the molecule is CNc1nc(C)cc(NCC(O)C(C)C)n1. The summed E-state index contributed by atoms with van der Waals surface area (Å²) in [7, 11) is 1.78. The molecule has 1 unspecified atom stereocenters.